The molecule has 1 unspecified atom stereocenters. The van der Waals surface area contributed by atoms with E-state index in [4.69, 9.17) is 18.9 Å². The van der Waals surface area contributed by atoms with E-state index >= 15 is 0 Å². The van der Waals surface area contributed by atoms with Crippen LogP contribution in [0, 0.1) is 16.7 Å². The third-order valence-electron chi connectivity index (χ3n) is 7.92. The zero-order valence-corrected chi connectivity index (χ0v) is 27.3. The van der Waals surface area contributed by atoms with Crippen LogP contribution in [-0.2, 0) is 42.9 Å². The van der Waals surface area contributed by atoms with E-state index in [0.29, 0.717) is 17.6 Å². The summed E-state index contributed by atoms with van der Waals surface area (Å²) in [6, 6.07) is -0.826. The minimum Gasteiger partial charge on any atom is -0.467 e. The number of allylic oxidation sites excluding steroid dienone is 2. The van der Waals surface area contributed by atoms with Crippen molar-refractivity contribution in [3.8, 4) is 0 Å². The van der Waals surface area contributed by atoms with Gasteiger partial charge in [0.25, 0.3) is 5.91 Å². The van der Waals surface area contributed by atoms with Gasteiger partial charge in [0, 0.05) is 16.4 Å². The van der Waals surface area contributed by atoms with Gasteiger partial charge < -0.3 is 18.9 Å². The number of fused-ring (bicyclic) bond motifs is 1. The van der Waals surface area contributed by atoms with E-state index in [1.165, 1.54) is 32.1 Å². The molecule has 240 valence electrons. The molecular formula is C32H48N2O9. The SMILES string of the molecule is C=CCC(C(C)=O)C(=O)N1[C@H](C(=O)OC)CO[C@@H]1C(C)(C)C.C=CCC1=C(C)[C@@]2(C(=O)OC)CO[C@H](C(C)(C)C)N2C1=O. The average Bonchev–Trinajstić information content (AvgIpc) is 3.61. The summed E-state index contributed by atoms with van der Waals surface area (Å²) in [6.07, 6.45) is 2.83. The number of Topliss-reactive ketones (excluding diaryl/α,β-unsaturated/α-hetero) is 1. The highest BCUT2D eigenvalue weighted by molar-refractivity contribution is 6.06. The number of hydrogen-bond donors (Lipinski definition) is 0. The van der Waals surface area contributed by atoms with Crippen LogP contribution in [0.4, 0.5) is 0 Å². The maximum atomic E-state index is 12.8. The fraction of sp³-hybridized carbons (Fsp3) is 0.656. The van der Waals surface area contributed by atoms with Gasteiger partial charge in [-0.2, -0.15) is 0 Å². The first-order chi connectivity index (χ1) is 19.9. The largest absolute Gasteiger partial charge is 0.467 e. The molecule has 0 aromatic rings. The summed E-state index contributed by atoms with van der Waals surface area (Å²) in [7, 11) is 2.60. The summed E-state index contributed by atoms with van der Waals surface area (Å²) in [4.78, 5) is 64.7. The first-order valence-electron chi connectivity index (χ1n) is 14.3. The molecule has 0 radical (unpaired) electrons. The van der Waals surface area contributed by atoms with Crippen LogP contribution in [0.5, 0.6) is 0 Å². The molecule has 0 spiro atoms. The van der Waals surface area contributed by atoms with Crippen LogP contribution in [0.25, 0.3) is 0 Å². The zero-order valence-electron chi connectivity index (χ0n) is 27.3. The molecule has 5 atom stereocenters. The Morgan fingerprint density at radius 3 is 2.02 bits per heavy atom. The molecule has 11 heteroatoms. The number of rotatable bonds is 8. The van der Waals surface area contributed by atoms with Crippen molar-refractivity contribution in [3.05, 3.63) is 36.5 Å². The Balaban J connectivity index is 0.000000300. The van der Waals surface area contributed by atoms with Crippen LogP contribution in [0.1, 0.15) is 68.2 Å². The van der Waals surface area contributed by atoms with Crippen LogP contribution in [-0.4, -0.2) is 90.8 Å². The normalized spacial score (nSPS) is 25.9. The van der Waals surface area contributed by atoms with E-state index in [1.807, 2.05) is 48.5 Å². The van der Waals surface area contributed by atoms with Crippen molar-refractivity contribution in [3.63, 3.8) is 0 Å². The summed E-state index contributed by atoms with van der Waals surface area (Å²) < 4.78 is 21.2. The highest BCUT2D eigenvalue weighted by atomic mass is 16.6. The minimum atomic E-state index is -1.12. The first-order valence-corrected chi connectivity index (χ1v) is 14.3. The number of methoxy groups -OCH3 is 2. The highest BCUT2D eigenvalue weighted by Gasteiger charge is 2.64. The van der Waals surface area contributed by atoms with Gasteiger partial charge in [0.15, 0.2) is 11.6 Å². The first kappa shape index (κ1) is 35.9. The van der Waals surface area contributed by atoms with Crippen molar-refractivity contribution in [2.45, 2.75) is 92.3 Å². The summed E-state index contributed by atoms with van der Waals surface area (Å²) >= 11 is 0. The molecule has 0 aliphatic carbocycles. The summed E-state index contributed by atoms with van der Waals surface area (Å²) in [5, 5.41) is 0. The number of carbonyl (C=O) groups excluding carboxylic acids is 5. The van der Waals surface area contributed by atoms with E-state index in [0.717, 1.165) is 0 Å². The maximum absolute atomic E-state index is 12.8. The minimum absolute atomic E-state index is 0.0685. The van der Waals surface area contributed by atoms with E-state index in [-0.39, 0.29) is 36.7 Å². The predicted molar refractivity (Wildman–Crippen MR) is 159 cm³/mol. The molecule has 3 aliphatic rings. The lowest BCUT2D eigenvalue weighted by Gasteiger charge is -2.37. The fourth-order valence-electron chi connectivity index (χ4n) is 5.72. The second kappa shape index (κ2) is 13.5. The quantitative estimate of drug-likeness (QED) is 0.232. The molecule has 11 nitrogen and oxygen atoms in total. The second-order valence-corrected chi connectivity index (χ2v) is 13.2. The number of hydrogen-bond acceptors (Lipinski definition) is 9. The van der Waals surface area contributed by atoms with Crippen molar-refractivity contribution >= 4 is 29.5 Å². The lowest BCUT2D eigenvalue weighted by atomic mass is 9.89. The van der Waals surface area contributed by atoms with Gasteiger partial charge >= 0.3 is 11.9 Å². The Morgan fingerprint density at radius 2 is 1.58 bits per heavy atom. The summed E-state index contributed by atoms with van der Waals surface area (Å²) in [6.45, 7) is 22.3. The van der Waals surface area contributed by atoms with E-state index in [9.17, 15) is 24.0 Å². The van der Waals surface area contributed by atoms with Gasteiger partial charge in [0.2, 0.25) is 5.91 Å². The third kappa shape index (κ3) is 6.77. The van der Waals surface area contributed by atoms with E-state index < -0.39 is 53.2 Å². The molecule has 0 saturated carbocycles. The van der Waals surface area contributed by atoms with Gasteiger partial charge in [0.1, 0.15) is 18.2 Å². The van der Waals surface area contributed by atoms with E-state index in [2.05, 4.69) is 13.2 Å². The molecule has 0 aromatic heterocycles. The average molecular weight is 605 g/mol. The van der Waals surface area contributed by atoms with Gasteiger partial charge in [-0.3, -0.25) is 24.2 Å². The van der Waals surface area contributed by atoms with Crippen molar-refractivity contribution in [1.29, 1.82) is 0 Å². The number of nitrogens with zero attached hydrogens (tertiary/aromatic N) is 2. The third-order valence-corrected chi connectivity index (χ3v) is 7.92. The topological polar surface area (TPSA) is 129 Å². The molecule has 0 N–H and O–H groups in total. The lowest BCUT2D eigenvalue weighted by Crippen LogP contribution is -2.56. The van der Waals surface area contributed by atoms with Crippen molar-refractivity contribution in [2.75, 3.05) is 27.4 Å². The smallest absolute Gasteiger partial charge is 0.338 e. The number of ether oxygens (including phenoxy) is 4. The Bertz CT molecular complexity index is 1180. The van der Waals surface area contributed by atoms with Crippen LogP contribution in [0.15, 0.2) is 36.5 Å². The van der Waals surface area contributed by atoms with Crippen LogP contribution in [0.2, 0.25) is 0 Å². The second-order valence-electron chi connectivity index (χ2n) is 13.2. The molecule has 43 heavy (non-hydrogen) atoms. The molecule has 3 aliphatic heterocycles. The molecule has 3 rings (SSSR count). The molecule has 0 aromatic carbocycles. The standard InChI is InChI=1S/C16H25NO5.C16H23NO4/c1-7-8-11(10(2)18)13(19)17-12(14(20)21-6)9-22-15(17)16(3,4)5;1-7-8-11-10(2)16(14(19)20-6)9-21-13(15(3,4)5)17(16)12(11)18/h7,11-12,15H,1,8-9H2,2-6H3;7,13H,1,8-9H2,2-6H3/t11?,12-,15+;13-,16-/m01/s1. The number of esters is 2. The molecule has 2 fully saturated rings. The number of carbonyl (C=O) groups is 5. The van der Waals surface area contributed by atoms with Crippen molar-refractivity contribution in [2.24, 2.45) is 16.7 Å². The Morgan fingerprint density at radius 1 is 1.00 bits per heavy atom. The van der Waals surface area contributed by atoms with Crippen molar-refractivity contribution < 1.29 is 42.9 Å². The van der Waals surface area contributed by atoms with Crippen LogP contribution >= 0.6 is 0 Å². The Hall–Kier alpha value is -3.31. The Kier molecular flexibility index (Phi) is 11.3. The monoisotopic (exact) mass is 604 g/mol. The van der Waals surface area contributed by atoms with Gasteiger partial charge in [0.05, 0.1) is 33.4 Å². The predicted octanol–water partition coefficient (Wildman–Crippen LogP) is 3.58. The van der Waals surface area contributed by atoms with Gasteiger partial charge in [-0.1, -0.05) is 53.7 Å². The fourth-order valence-corrected chi connectivity index (χ4v) is 5.72. The lowest BCUT2D eigenvalue weighted by molar-refractivity contribution is -0.159. The van der Waals surface area contributed by atoms with Crippen molar-refractivity contribution in [1.82, 2.24) is 9.80 Å². The zero-order chi connectivity index (χ0) is 33.1. The molecule has 0 bridgehead atoms. The molecule has 2 saturated heterocycles. The maximum Gasteiger partial charge on any atom is 0.338 e. The molecule has 2 amide bonds. The van der Waals surface area contributed by atoms with Crippen LogP contribution < -0.4 is 0 Å². The van der Waals surface area contributed by atoms with Gasteiger partial charge in [-0.05, 0) is 32.3 Å². The molecular weight excluding hydrogens is 556 g/mol. The Labute approximate surface area is 255 Å². The molecule has 3 heterocycles. The van der Waals surface area contributed by atoms with Gasteiger partial charge in [-0.15, -0.1) is 13.2 Å². The number of amides is 2. The summed E-state index contributed by atoms with van der Waals surface area (Å²) in [5.41, 5.74) is -0.482. The summed E-state index contributed by atoms with van der Waals surface area (Å²) in [5.74, 6) is -2.67. The van der Waals surface area contributed by atoms with E-state index in [1.54, 1.807) is 11.0 Å². The van der Waals surface area contributed by atoms with Gasteiger partial charge in [-0.25, -0.2) is 9.59 Å². The van der Waals surface area contributed by atoms with Crippen LogP contribution in [0.3, 0.4) is 0 Å². The number of ketones is 1. The highest BCUT2D eigenvalue weighted by Crippen LogP contribution is 2.47.